The molecule has 1 unspecified atom stereocenters. The van der Waals surface area contributed by atoms with Crippen LogP contribution in [0, 0.1) is 6.92 Å². The Bertz CT molecular complexity index is 792. The molecule has 0 bridgehead atoms. The van der Waals surface area contributed by atoms with Crippen molar-refractivity contribution in [2.24, 2.45) is 5.73 Å². The zero-order chi connectivity index (χ0) is 18.6. The van der Waals surface area contributed by atoms with Gasteiger partial charge in [-0.15, -0.1) is 0 Å². The van der Waals surface area contributed by atoms with Gasteiger partial charge in [-0.3, -0.25) is 13.3 Å². The number of nitrogens with two attached hydrogens (primary N) is 1. The lowest BCUT2D eigenvalue weighted by molar-refractivity contribution is 0.103. The van der Waals surface area contributed by atoms with Crippen molar-refractivity contribution in [3.63, 3.8) is 0 Å². The zero-order valence-electron chi connectivity index (χ0n) is 13.9. The Morgan fingerprint density at radius 2 is 1.96 bits per heavy atom. The van der Waals surface area contributed by atoms with E-state index in [-0.39, 0.29) is 35.8 Å². The summed E-state index contributed by atoms with van der Waals surface area (Å²) in [7, 11) is 1.34. The number of aromatic hydroxyl groups is 1. The molecule has 0 saturated heterocycles. The monoisotopic (exact) mass is 363 g/mol. The Labute approximate surface area is 148 Å². The molecule has 1 atom stereocenters. The average molecular weight is 363 g/mol. The lowest BCUT2D eigenvalue weighted by Crippen LogP contribution is -2.31. The molecule has 0 aromatic heterocycles. The first-order chi connectivity index (χ1) is 11.9. The molecule has 0 radical (unpaired) electrons. The standard InChI is InChI=1S/C17H20N2O5S/c1-11-3-5-12(6-4-11)17(21)13-9-14(16(24-2)10-15(13)20)19(8-7-18)25(22)23/h3-6,9-10,20H,7-8,18H2,1-2H3,(H,22,23)/p-1. The average Bonchev–Trinajstić information content (AvgIpc) is 2.59. The summed E-state index contributed by atoms with van der Waals surface area (Å²) < 4.78 is 29.1. The van der Waals surface area contributed by atoms with Crippen LogP contribution in [0.2, 0.25) is 0 Å². The Morgan fingerprint density at radius 1 is 1.32 bits per heavy atom. The first-order valence-electron chi connectivity index (χ1n) is 7.48. The maximum absolute atomic E-state index is 12.7. The molecule has 0 saturated carbocycles. The predicted molar refractivity (Wildman–Crippen MR) is 94.6 cm³/mol. The van der Waals surface area contributed by atoms with Crippen molar-refractivity contribution < 1.29 is 23.4 Å². The van der Waals surface area contributed by atoms with E-state index in [4.69, 9.17) is 10.5 Å². The first-order valence-corrected chi connectivity index (χ1v) is 8.51. The maximum atomic E-state index is 12.7. The van der Waals surface area contributed by atoms with Crippen LogP contribution in [0.4, 0.5) is 5.69 Å². The van der Waals surface area contributed by atoms with Crippen LogP contribution in [0.1, 0.15) is 21.5 Å². The topological polar surface area (TPSA) is 116 Å². The number of hydrogen-bond donors (Lipinski definition) is 2. The summed E-state index contributed by atoms with van der Waals surface area (Å²) in [5, 5.41) is 10.2. The number of carbonyl (C=O) groups excluding carboxylic acids is 1. The number of anilines is 1. The molecule has 134 valence electrons. The number of carbonyl (C=O) groups is 1. The number of phenols is 1. The fourth-order valence-electron chi connectivity index (χ4n) is 2.35. The summed E-state index contributed by atoms with van der Waals surface area (Å²) in [5.74, 6) is -0.600. The van der Waals surface area contributed by atoms with Crippen molar-refractivity contribution in [2.75, 3.05) is 24.5 Å². The lowest BCUT2D eigenvalue weighted by atomic mass is 10.0. The summed E-state index contributed by atoms with van der Waals surface area (Å²) in [6.07, 6.45) is 0. The second kappa shape index (κ2) is 8.11. The van der Waals surface area contributed by atoms with Gasteiger partial charge in [0.1, 0.15) is 11.5 Å². The highest BCUT2D eigenvalue weighted by Gasteiger charge is 2.21. The number of hydrogen-bond acceptors (Lipinski definition) is 6. The van der Waals surface area contributed by atoms with Crippen LogP contribution in [0.15, 0.2) is 36.4 Å². The third kappa shape index (κ3) is 4.16. The number of methoxy groups -OCH3 is 1. The van der Waals surface area contributed by atoms with E-state index in [1.165, 1.54) is 19.2 Å². The van der Waals surface area contributed by atoms with Gasteiger partial charge in [-0.2, -0.15) is 0 Å². The van der Waals surface area contributed by atoms with Crippen molar-refractivity contribution in [1.82, 2.24) is 0 Å². The fraction of sp³-hybridized carbons (Fsp3) is 0.235. The van der Waals surface area contributed by atoms with E-state index >= 15 is 0 Å². The van der Waals surface area contributed by atoms with Gasteiger partial charge in [-0.05, 0) is 13.0 Å². The van der Waals surface area contributed by atoms with Gasteiger partial charge in [0, 0.05) is 36.0 Å². The lowest BCUT2D eigenvalue weighted by Gasteiger charge is -2.27. The highest BCUT2D eigenvalue weighted by molar-refractivity contribution is 7.80. The third-order valence-electron chi connectivity index (χ3n) is 3.64. The minimum Gasteiger partial charge on any atom is -0.755 e. The van der Waals surface area contributed by atoms with E-state index < -0.39 is 17.0 Å². The molecule has 7 nitrogen and oxygen atoms in total. The van der Waals surface area contributed by atoms with E-state index in [1.54, 1.807) is 24.3 Å². The van der Waals surface area contributed by atoms with Gasteiger partial charge in [0.2, 0.25) is 0 Å². The minimum absolute atomic E-state index is 0.00933. The molecule has 0 aliphatic heterocycles. The van der Waals surface area contributed by atoms with Crippen molar-refractivity contribution in [2.45, 2.75) is 6.92 Å². The summed E-state index contributed by atoms with van der Waals surface area (Å²) in [6, 6.07) is 9.36. The zero-order valence-corrected chi connectivity index (χ0v) is 14.7. The smallest absolute Gasteiger partial charge is 0.196 e. The molecule has 0 heterocycles. The molecule has 0 aliphatic carbocycles. The highest BCUT2D eigenvalue weighted by Crippen LogP contribution is 2.36. The van der Waals surface area contributed by atoms with E-state index in [9.17, 15) is 18.7 Å². The molecule has 2 aromatic rings. The molecule has 25 heavy (non-hydrogen) atoms. The third-order valence-corrected chi connectivity index (χ3v) is 4.38. The van der Waals surface area contributed by atoms with E-state index in [1.807, 2.05) is 6.92 Å². The number of rotatable bonds is 7. The quantitative estimate of drug-likeness (QED) is 0.569. The van der Waals surface area contributed by atoms with Crippen molar-refractivity contribution in [1.29, 1.82) is 0 Å². The van der Waals surface area contributed by atoms with Crippen LogP contribution in [0.3, 0.4) is 0 Å². The Morgan fingerprint density at radius 3 is 2.48 bits per heavy atom. The molecule has 0 spiro atoms. The van der Waals surface area contributed by atoms with E-state index in [0.717, 1.165) is 9.87 Å². The SMILES string of the molecule is COc1cc(O)c(C(=O)c2ccc(C)cc2)cc1N(CCN)S(=O)[O-]. The van der Waals surface area contributed by atoms with Gasteiger partial charge < -0.3 is 20.1 Å². The maximum Gasteiger partial charge on any atom is 0.196 e. The largest absolute Gasteiger partial charge is 0.755 e. The number of nitrogens with zero attached hydrogens (tertiary/aromatic N) is 1. The molecule has 0 aliphatic rings. The van der Waals surface area contributed by atoms with Crippen LogP contribution in [-0.2, 0) is 11.3 Å². The number of benzene rings is 2. The molecular weight excluding hydrogens is 344 g/mol. The van der Waals surface area contributed by atoms with Crippen molar-refractivity contribution in [3.8, 4) is 11.5 Å². The summed E-state index contributed by atoms with van der Waals surface area (Å²) in [5.41, 5.74) is 6.94. The van der Waals surface area contributed by atoms with Gasteiger partial charge >= 0.3 is 0 Å². The van der Waals surface area contributed by atoms with Crippen LogP contribution in [0.25, 0.3) is 0 Å². The fourth-order valence-corrected chi connectivity index (χ4v) is 2.91. The van der Waals surface area contributed by atoms with Gasteiger partial charge in [0.25, 0.3) is 0 Å². The predicted octanol–water partition coefficient (Wildman–Crippen LogP) is 1.50. The molecule has 2 rings (SSSR count). The number of ether oxygens (including phenoxy) is 1. The van der Waals surface area contributed by atoms with Gasteiger partial charge in [0.05, 0.1) is 18.4 Å². The molecule has 8 heteroatoms. The Kier molecular flexibility index (Phi) is 6.13. The minimum atomic E-state index is -2.61. The number of phenolic OH excluding ortho intramolecular Hbond substituents is 1. The van der Waals surface area contributed by atoms with Crippen LogP contribution < -0.4 is 14.8 Å². The van der Waals surface area contributed by atoms with Gasteiger partial charge in [0.15, 0.2) is 5.78 Å². The Hall–Kier alpha value is -2.42. The first kappa shape index (κ1) is 18.9. The van der Waals surface area contributed by atoms with E-state index in [2.05, 4.69) is 0 Å². The summed E-state index contributed by atoms with van der Waals surface area (Å²) in [4.78, 5) is 12.7. The molecule has 3 N–H and O–H groups in total. The summed E-state index contributed by atoms with van der Waals surface area (Å²) in [6.45, 7) is 1.99. The molecule has 2 aromatic carbocycles. The van der Waals surface area contributed by atoms with Gasteiger partial charge in [-0.1, -0.05) is 29.8 Å². The van der Waals surface area contributed by atoms with Crippen molar-refractivity contribution >= 4 is 22.7 Å². The van der Waals surface area contributed by atoms with E-state index in [0.29, 0.717) is 5.56 Å². The number of aryl methyl sites for hydroxylation is 1. The van der Waals surface area contributed by atoms with Gasteiger partial charge in [-0.25, -0.2) is 0 Å². The summed E-state index contributed by atoms with van der Waals surface area (Å²) >= 11 is -2.61. The molecule has 0 amide bonds. The highest BCUT2D eigenvalue weighted by atomic mass is 32.2. The number of ketones is 1. The molecule has 0 fully saturated rings. The van der Waals surface area contributed by atoms with Crippen LogP contribution in [0.5, 0.6) is 11.5 Å². The normalized spacial score (nSPS) is 11.8. The van der Waals surface area contributed by atoms with Crippen LogP contribution >= 0.6 is 0 Å². The Balaban J connectivity index is 2.55. The second-order valence-electron chi connectivity index (χ2n) is 5.34. The second-order valence-corrected chi connectivity index (χ2v) is 6.22. The van der Waals surface area contributed by atoms with Crippen molar-refractivity contribution in [3.05, 3.63) is 53.1 Å². The molecular formula is C17H19N2O5S-. The van der Waals surface area contributed by atoms with Crippen LogP contribution in [-0.4, -0.2) is 39.9 Å².